The molecule has 0 fully saturated rings. The van der Waals surface area contributed by atoms with Crippen molar-refractivity contribution in [1.82, 2.24) is 0 Å². The van der Waals surface area contributed by atoms with E-state index in [-0.39, 0.29) is 67.9 Å². The summed E-state index contributed by atoms with van der Waals surface area (Å²) in [5.74, 6) is 0. The zero-order valence-corrected chi connectivity index (χ0v) is 35.7. The van der Waals surface area contributed by atoms with Crippen LogP contribution in [0.1, 0.15) is 119 Å². The molecule has 0 spiro atoms. The van der Waals surface area contributed by atoms with Crippen molar-refractivity contribution in [2.45, 2.75) is 128 Å². The predicted octanol–water partition coefficient (Wildman–Crippen LogP) is 4.30. The molecule has 0 heterocycles. The SMILES string of the molecule is CCCCCC(CC)(CC)[S+]=P([O-])([O-])[S-].CCCCCC(CC)(CC)[S+]=P([O-])([O-])[S-].[Zn+2].[Zn+2].[Zn+2]. The summed E-state index contributed by atoms with van der Waals surface area (Å²) in [6, 6.07) is 0. The fraction of sp³-hybridized carbons (Fsp3) is 1.00. The molecule has 0 atom stereocenters. The van der Waals surface area contributed by atoms with Gasteiger partial charge in [-0.3, -0.25) is 0 Å². The van der Waals surface area contributed by atoms with Gasteiger partial charge in [0.2, 0.25) is 0 Å². The predicted molar refractivity (Wildman–Crippen MR) is 138 cm³/mol. The number of unbranched alkanes of at least 4 members (excludes halogenated alkanes) is 4. The van der Waals surface area contributed by atoms with Gasteiger partial charge < -0.3 is 44.1 Å². The van der Waals surface area contributed by atoms with Gasteiger partial charge in [0.05, 0.1) is 21.9 Å². The van der Waals surface area contributed by atoms with E-state index in [9.17, 15) is 19.6 Å². The number of hydrogen-bond donors (Lipinski definition) is 0. The minimum atomic E-state index is -3.62. The Labute approximate surface area is 261 Å². The van der Waals surface area contributed by atoms with Gasteiger partial charge in [-0.15, -0.1) is 0 Å². The van der Waals surface area contributed by atoms with Crippen LogP contribution in [0.2, 0.25) is 0 Å². The standard InChI is InChI=1S/2C10H21O2PS2.3Zn/c2*1-4-7-8-9-10(5-2,6-3)15-13(11,12)14;;;/h2*4-9H2,1-3H3;;;/q2*-2;3*+2. The molecule has 0 unspecified atom stereocenters. The summed E-state index contributed by atoms with van der Waals surface area (Å²) in [6.07, 6.45) is 12.3. The van der Waals surface area contributed by atoms with Crippen LogP contribution in [0.4, 0.5) is 0 Å². The maximum Gasteiger partial charge on any atom is 2.00 e. The minimum Gasteiger partial charge on any atom is -0.816 e. The Morgan fingerprint density at radius 2 is 0.788 bits per heavy atom. The van der Waals surface area contributed by atoms with E-state index in [0.29, 0.717) is 0 Å². The van der Waals surface area contributed by atoms with Crippen molar-refractivity contribution in [1.29, 1.82) is 0 Å². The molecule has 0 saturated carbocycles. The summed E-state index contributed by atoms with van der Waals surface area (Å²) in [7, 11) is 2.03. The molecule has 0 aliphatic heterocycles. The van der Waals surface area contributed by atoms with E-state index in [2.05, 4.69) is 38.3 Å². The molecule has 33 heavy (non-hydrogen) atoms. The van der Waals surface area contributed by atoms with Crippen LogP contribution in [-0.4, -0.2) is 9.49 Å². The Balaban J connectivity index is -0.000000145. The molecule has 0 aliphatic rings. The van der Waals surface area contributed by atoms with E-state index < -0.39 is 11.4 Å². The Kier molecular flexibility index (Phi) is 34.9. The van der Waals surface area contributed by atoms with Gasteiger partial charge in [-0.1, -0.05) is 67.2 Å². The average molecular weight is 733 g/mol. The van der Waals surface area contributed by atoms with Crippen molar-refractivity contribution in [3.8, 4) is 0 Å². The van der Waals surface area contributed by atoms with Crippen LogP contribution in [0.25, 0.3) is 0 Å². The second-order valence-corrected chi connectivity index (χ2v) is 19.9. The first kappa shape index (κ1) is 46.6. The summed E-state index contributed by atoms with van der Waals surface area (Å²) >= 11 is 9.01. The maximum absolute atomic E-state index is 11.2. The molecule has 0 N–H and O–H groups in total. The van der Waals surface area contributed by atoms with E-state index in [1.165, 1.54) is 12.8 Å². The molecule has 4 nitrogen and oxygen atoms in total. The van der Waals surface area contributed by atoms with Crippen LogP contribution in [0.5, 0.6) is 0 Å². The molecule has 0 bridgehead atoms. The van der Waals surface area contributed by atoms with Crippen LogP contribution >= 0.6 is 11.4 Å². The van der Waals surface area contributed by atoms with Crippen LogP contribution < -0.4 is 19.6 Å². The summed E-state index contributed by atoms with van der Waals surface area (Å²) in [4.78, 5) is 44.8. The van der Waals surface area contributed by atoms with Crippen molar-refractivity contribution in [2.75, 3.05) is 0 Å². The smallest absolute Gasteiger partial charge is 0.816 e. The Morgan fingerprint density at radius 3 is 0.939 bits per heavy atom. The fourth-order valence-corrected chi connectivity index (χ4v) is 13.2. The van der Waals surface area contributed by atoms with Crippen molar-refractivity contribution >= 4 is 57.8 Å². The second kappa shape index (κ2) is 24.7. The molecule has 0 radical (unpaired) electrons. The van der Waals surface area contributed by atoms with Gasteiger partial charge in [-0.2, -0.15) is 11.4 Å². The Morgan fingerprint density at radius 1 is 0.545 bits per heavy atom. The number of hydrogen-bond acceptors (Lipinski definition) is 6. The van der Waals surface area contributed by atoms with Gasteiger partial charge in [-0.25, -0.2) is 0 Å². The largest absolute Gasteiger partial charge is 2.00 e. The molecule has 0 aromatic heterocycles. The van der Waals surface area contributed by atoms with Gasteiger partial charge in [0, 0.05) is 38.5 Å². The normalized spacial score (nSPS) is 11.8. The molecule has 184 valence electrons. The van der Waals surface area contributed by atoms with Gasteiger partial charge >= 0.3 is 58.4 Å². The van der Waals surface area contributed by atoms with Crippen molar-refractivity contribution in [3.63, 3.8) is 0 Å². The zero-order valence-electron chi connectivity index (χ0n) is 21.8. The Bertz CT molecular complexity index is 489. The van der Waals surface area contributed by atoms with E-state index in [1.807, 2.05) is 27.7 Å². The van der Waals surface area contributed by atoms with E-state index >= 15 is 0 Å². The van der Waals surface area contributed by atoms with Crippen LogP contribution in [0, 0.1) is 0 Å². The van der Waals surface area contributed by atoms with Crippen LogP contribution in [0.15, 0.2) is 0 Å². The summed E-state index contributed by atoms with van der Waals surface area (Å²) in [6.45, 7) is 12.5. The third-order valence-corrected chi connectivity index (χ3v) is 13.5. The van der Waals surface area contributed by atoms with E-state index in [0.717, 1.165) is 86.1 Å². The first-order valence-corrected chi connectivity index (χ1v) is 19.4. The third-order valence-electron chi connectivity index (χ3n) is 5.66. The summed E-state index contributed by atoms with van der Waals surface area (Å²) < 4.78 is -0.289. The van der Waals surface area contributed by atoms with Crippen LogP contribution in [-0.2, 0) is 105 Å². The Hall–Kier alpha value is 3.71. The number of rotatable bonds is 14. The fourth-order valence-electron chi connectivity index (χ4n) is 3.43. The zero-order chi connectivity index (χ0) is 23.9. The molecule has 0 aliphatic carbocycles. The van der Waals surface area contributed by atoms with Crippen LogP contribution in [0.3, 0.4) is 0 Å². The van der Waals surface area contributed by atoms with Gasteiger partial charge in [0.1, 0.15) is 0 Å². The maximum atomic E-state index is 11.2. The molecule has 13 heteroatoms. The van der Waals surface area contributed by atoms with Crippen molar-refractivity contribution in [2.24, 2.45) is 0 Å². The van der Waals surface area contributed by atoms with Gasteiger partial charge in [0.15, 0.2) is 9.49 Å². The first-order valence-electron chi connectivity index (χ1n) is 11.2. The monoisotopic (exact) mass is 728 g/mol. The molecular weight excluding hydrogens is 691 g/mol. The quantitative estimate of drug-likeness (QED) is 0.0871. The molecule has 0 amide bonds. The average Bonchev–Trinajstić information content (AvgIpc) is 2.65. The molecule has 0 aromatic rings. The summed E-state index contributed by atoms with van der Waals surface area (Å²) in [5, 5.41) is 0. The second-order valence-electron chi connectivity index (χ2n) is 7.77. The molecular formula is C20H42O4P2S4Zn3+2. The van der Waals surface area contributed by atoms with Crippen molar-refractivity contribution < 1.29 is 78.0 Å². The topological polar surface area (TPSA) is 92.2 Å². The molecule has 0 rings (SSSR count). The van der Waals surface area contributed by atoms with E-state index in [4.69, 9.17) is 0 Å². The van der Waals surface area contributed by atoms with Gasteiger partial charge in [-0.05, 0) is 12.8 Å². The molecule has 0 saturated heterocycles. The van der Waals surface area contributed by atoms with Gasteiger partial charge in [0.25, 0.3) is 0 Å². The van der Waals surface area contributed by atoms with Crippen molar-refractivity contribution in [3.05, 3.63) is 0 Å². The van der Waals surface area contributed by atoms with E-state index in [1.54, 1.807) is 0 Å². The third kappa shape index (κ3) is 25.7. The first-order chi connectivity index (χ1) is 13.8. The minimum absolute atomic E-state index is 0. The summed E-state index contributed by atoms with van der Waals surface area (Å²) in [5.41, 5.74) is -7.24. The molecule has 0 aromatic carbocycles.